The Hall–Kier alpha value is -3.78. The first-order valence-electron chi connectivity index (χ1n) is 12.0. The van der Waals surface area contributed by atoms with Crippen molar-refractivity contribution in [2.45, 2.75) is 19.9 Å². The third-order valence-electron chi connectivity index (χ3n) is 6.53. The van der Waals surface area contributed by atoms with Crippen LogP contribution < -0.4 is 4.90 Å². The second-order valence-electron chi connectivity index (χ2n) is 8.93. The van der Waals surface area contributed by atoms with Crippen LogP contribution in [0.1, 0.15) is 39.1 Å². The molecule has 1 aliphatic rings. The number of hydrogen-bond acceptors (Lipinski definition) is 5. The average Bonchev–Trinajstić information content (AvgIpc) is 3.57. The molecule has 1 aromatic carbocycles. The number of furan rings is 1. The molecule has 0 atom stereocenters. The molecule has 0 aliphatic carbocycles. The van der Waals surface area contributed by atoms with Crippen LogP contribution in [0.5, 0.6) is 0 Å². The number of pyridine rings is 1. The number of aromatic nitrogens is 2. The number of halogens is 1. The van der Waals surface area contributed by atoms with Crippen molar-refractivity contribution in [3.8, 4) is 0 Å². The van der Waals surface area contributed by atoms with Gasteiger partial charge in [-0.05, 0) is 48.4 Å². The van der Waals surface area contributed by atoms with Crippen LogP contribution in [0.15, 0.2) is 65.4 Å². The van der Waals surface area contributed by atoms with Crippen LogP contribution in [0.4, 0.5) is 5.82 Å². The fourth-order valence-electron chi connectivity index (χ4n) is 4.64. The van der Waals surface area contributed by atoms with Gasteiger partial charge in [0.2, 0.25) is 0 Å². The second-order valence-corrected chi connectivity index (χ2v) is 9.36. The first-order valence-corrected chi connectivity index (χ1v) is 12.4. The Morgan fingerprint density at radius 2 is 1.69 bits per heavy atom. The molecule has 0 bridgehead atoms. The van der Waals surface area contributed by atoms with Gasteiger partial charge in [0.05, 0.1) is 17.5 Å². The van der Waals surface area contributed by atoms with Crippen molar-refractivity contribution in [2.24, 2.45) is 0 Å². The highest BCUT2D eigenvalue weighted by Gasteiger charge is 2.27. The summed E-state index contributed by atoms with van der Waals surface area (Å²) in [5.41, 5.74) is 3.50. The van der Waals surface area contributed by atoms with Crippen molar-refractivity contribution in [2.75, 3.05) is 38.1 Å². The molecule has 186 valence electrons. The fraction of sp³-hybridized carbons (Fsp3) is 0.296. The van der Waals surface area contributed by atoms with Gasteiger partial charge in [-0.2, -0.15) is 0 Å². The number of hydrogen-bond donors (Lipinski definition) is 0. The van der Waals surface area contributed by atoms with Crippen molar-refractivity contribution in [1.82, 2.24) is 19.2 Å². The van der Waals surface area contributed by atoms with E-state index >= 15 is 0 Å². The number of anilines is 1. The maximum atomic E-state index is 13.4. The number of rotatable bonds is 6. The molecule has 0 N–H and O–H groups in total. The van der Waals surface area contributed by atoms with Gasteiger partial charge in [0.1, 0.15) is 11.5 Å². The Bertz CT molecular complexity index is 1370. The molecule has 8 nitrogen and oxygen atoms in total. The molecule has 9 heteroatoms. The molecular weight excluding hydrogens is 478 g/mol. The zero-order chi connectivity index (χ0) is 25.2. The summed E-state index contributed by atoms with van der Waals surface area (Å²) in [6.45, 7) is 4.63. The third-order valence-corrected chi connectivity index (χ3v) is 6.78. The Balaban J connectivity index is 1.34. The van der Waals surface area contributed by atoms with E-state index in [1.165, 1.54) is 6.26 Å². The van der Waals surface area contributed by atoms with Crippen molar-refractivity contribution in [3.63, 3.8) is 0 Å². The Morgan fingerprint density at radius 1 is 1.00 bits per heavy atom. The first kappa shape index (κ1) is 23.9. The molecular formula is C27H28ClN5O3. The molecule has 1 aliphatic heterocycles. The fourth-order valence-corrected chi connectivity index (χ4v) is 4.76. The number of aryl methyl sites for hydroxylation is 1. The number of carbonyl (C=O) groups is 2. The summed E-state index contributed by atoms with van der Waals surface area (Å²) in [5, 5.41) is 0.708. The van der Waals surface area contributed by atoms with E-state index in [2.05, 4.69) is 11.8 Å². The SMILES string of the molecule is CCc1nc2ccc(C(=O)N3CCN(C(=O)c4ccco4)CC3)cn2c1N(C)Cc1ccc(Cl)cc1. The van der Waals surface area contributed by atoms with Crippen LogP contribution in [0.2, 0.25) is 5.02 Å². The highest BCUT2D eigenvalue weighted by Crippen LogP contribution is 2.25. The predicted octanol–water partition coefficient (Wildman–Crippen LogP) is 4.38. The summed E-state index contributed by atoms with van der Waals surface area (Å²) in [7, 11) is 2.03. The van der Waals surface area contributed by atoms with Gasteiger partial charge in [-0.1, -0.05) is 30.7 Å². The molecule has 4 aromatic rings. The average molecular weight is 506 g/mol. The van der Waals surface area contributed by atoms with E-state index in [1.54, 1.807) is 21.9 Å². The van der Waals surface area contributed by atoms with Gasteiger partial charge in [0, 0.05) is 51.0 Å². The summed E-state index contributed by atoms with van der Waals surface area (Å²) < 4.78 is 7.23. The molecule has 0 spiro atoms. The molecule has 1 saturated heterocycles. The number of benzene rings is 1. The zero-order valence-corrected chi connectivity index (χ0v) is 21.1. The van der Waals surface area contributed by atoms with E-state index in [1.807, 2.05) is 54.0 Å². The number of carbonyl (C=O) groups excluding carboxylic acids is 2. The lowest BCUT2D eigenvalue weighted by atomic mass is 10.2. The van der Waals surface area contributed by atoms with Crippen LogP contribution in [0, 0.1) is 0 Å². The van der Waals surface area contributed by atoms with Gasteiger partial charge in [0.25, 0.3) is 11.8 Å². The van der Waals surface area contributed by atoms with Crippen LogP contribution in [-0.2, 0) is 13.0 Å². The van der Waals surface area contributed by atoms with E-state index in [4.69, 9.17) is 21.0 Å². The van der Waals surface area contributed by atoms with Crippen LogP contribution in [-0.4, -0.2) is 64.2 Å². The summed E-state index contributed by atoms with van der Waals surface area (Å²) in [4.78, 5) is 36.4. The van der Waals surface area contributed by atoms with Gasteiger partial charge in [-0.25, -0.2) is 4.98 Å². The van der Waals surface area contributed by atoms with Crippen LogP contribution in [0.3, 0.4) is 0 Å². The molecule has 4 heterocycles. The summed E-state index contributed by atoms with van der Waals surface area (Å²) in [5.74, 6) is 1.08. The minimum atomic E-state index is -0.146. The number of piperazine rings is 1. The lowest BCUT2D eigenvalue weighted by molar-refractivity contribution is 0.0518. The van der Waals surface area contributed by atoms with E-state index in [0.29, 0.717) is 49.1 Å². The van der Waals surface area contributed by atoms with Gasteiger partial charge in [0.15, 0.2) is 5.76 Å². The monoisotopic (exact) mass is 505 g/mol. The molecule has 3 aromatic heterocycles. The van der Waals surface area contributed by atoms with Crippen molar-refractivity contribution < 1.29 is 14.0 Å². The molecule has 0 unspecified atom stereocenters. The smallest absolute Gasteiger partial charge is 0.289 e. The van der Waals surface area contributed by atoms with Gasteiger partial charge in [-0.3, -0.25) is 14.0 Å². The molecule has 0 saturated carbocycles. The lowest BCUT2D eigenvalue weighted by Gasteiger charge is -2.34. The first-order chi connectivity index (χ1) is 17.4. The number of imidazole rings is 1. The molecule has 2 amide bonds. The summed E-state index contributed by atoms with van der Waals surface area (Å²) >= 11 is 6.04. The summed E-state index contributed by atoms with van der Waals surface area (Å²) in [6, 6.07) is 14.9. The van der Waals surface area contributed by atoms with E-state index in [9.17, 15) is 9.59 Å². The van der Waals surface area contributed by atoms with Crippen molar-refractivity contribution >= 4 is 34.9 Å². The number of fused-ring (bicyclic) bond motifs is 1. The summed E-state index contributed by atoms with van der Waals surface area (Å²) in [6.07, 6.45) is 4.14. The minimum Gasteiger partial charge on any atom is -0.459 e. The third kappa shape index (κ3) is 4.68. The molecule has 36 heavy (non-hydrogen) atoms. The second kappa shape index (κ2) is 10.1. The zero-order valence-electron chi connectivity index (χ0n) is 20.4. The Labute approximate surface area is 214 Å². The molecule has 1 fully saturated rings. The maximum absolute atomic E-state index is 13.4. The van der Waals surface area contributed by atoms with Gasteiger partial charge < -0.3 is 19.1 Å². The minimum absolute atomic E-state index is 0.0555. The van der Waals surface area contributed by atoms with Crippen molar-refractivity contribution in [1.29, 1.82) is 0 Å². The van der Waals surface area contributed by atoms with Gasteiger partial charge in [-0.15, -0.1) is 0 Å². The van der Waals surface area contributed by atoms with Gasteiger partial charge >= 0.3 is 0 Å². The Morgan fingerprint density at radius 3 is 2.33 bits per heavy atom. The Kier molecular flexibility index (Phi) is 6.69. The standard InChI is InChI=1S/C27H28ClN5O3/c1-3-22-25(30(2)17-19-6-9-21(28)10-7-19)33-18-20(8-11-24(33)29-22)26(34)31-12-14-32(15-13-31)27(35)23-5-4-16-36-23/h4-11,16,18H,3,12-15,17H2,1-2H3. The lowest BCUT2D eigenvalue weighted by Crippen LogP contribution is -2.50. The topological polar surface area (TPSA) is 74.3 Å². The van der Waals surface area contributed by atoms with Crippen LogP contribution in [0.25, 0.3) is 5.65 Å². The largest absolute Gasteiger partial charge is 0.459 e. The molecule has 0 radical (unpaired) electrons. The highest BCUT2D eigenvalue weighted by atomic mass is 35.5. The highest BCUT2D eigenvalue weighted by molar-refractivity contribution is 6.30. The number of amides is 2. The maximum Gasteiger partial charge on any atom is 0.289 e. The predicted molar refractivity (Wildman–Crippen MR) is 139 cm³/mol. The molecule has 5 rings (SSSR count). The van der Waals surface area contributed by atoms with E-state index in [0.717, 1.165) is 29.1 Å². The van der Waals surface area contributed by atoms with Crippen molar-refractivity contribution in [3.05, 3.63) is 88.6 Å². The number of nitrogens with zero attached hydrogens (tertiary/aromatic N) is 5. The normalized spacial score (nSPS) is 13.9. The van der Waals surface area contributed by atoms with E-state index in [-0.39, 0.29) is 11.8 Å². The quantitative estimate of drug-likeness (QED) is 0.389. The van der Waals surface area contributed by atoms with E-state index < -0.39 is 0 Å². The van der Waals surface area contributed by atoms with Crippen LogP contribution >= 0.6 is 11.6 Å².